The molecule has 0 N–H and O–H groups in total. The summed E-state index contributed by atoms with van der Waals surface area (Å²) < 4.78 is 6.41. The molecule has 154 valence electrons. The molecule has 2 aliphatic carbocycles. The van der Waals surface area contributed by atoms with Crippen LogP contribution in [0.2, 0.25) is 0 Å². The molecule has 4 aromatic rings. The van der Waals surface area contributed by atoms with Crippen molar-refractivity contribution in [2.24, 2.45) is 0 Å². The molecule has 2 heteroatoms. The first-order valence-corrected chi connectivity index (χ1v) is 11.5. The van der Waals surface area contributed by atoms with Gasteiger partial charge in [0.2, 0.25) is 0 Å². The van der Waals surface area contributed by atoms with Gasteiger partial charge in [-0.2, -0.15) is 0 Å². The van der Waals surface area contributed by atoms with E-state index in [4.69, 9.17) is 16.3 Å². The number of fused-ring (bicyclic) bond motifs is 10. The molecule has 0 bridgehead atoms. The monoisotopic (exact) mass is 432 g/mol. The van der Waals surface area contributed by atoms with Crippen molar-refractivity contribution in [3.8, 4) is 11.5 Å². The van der Waals surface area contributed by atoms with Crippen molar-refractivity contribution in [3.05, 3.63) is 125 Å². The van der Waals surface area contributed by atoms with Crippen molar-refractivity contribution in [3.63, 3.8) is 0 Å². The highest BCUT2D eigenvalue weighted by Crippen LogP contribution is 2.64. The Morgan fingerprint density at radius 2 is 1.41 bits per heavy atom. The van der Waals surface area contributed by atoms with Gasteiger partial charge in [-0.1, -0.05) is 84.9 Å². The van der Waals surface area contributed by atoms with Crippen LogP contribution in [0.1, 0.15) is 35.6 Å². The molecule has 0 saturated heterocycles. The van der Waals surface area contributed by atoms with Gasteiger partial charge in [0, 0.05) is 11.1 Å². The first-order chi connectivity index (χ1) is 15.6. The number of alkyl halides is 1. The lowest BCUT2D eigenvalue weighted by Gasteiger charge is -2.40. The first kappa shape index (κ1) is 18.3. The summed E-state index contributed by atoms with van der Waals surface area (Å²) >= 11 is 6.94. The molecule has 1 atom stereocenters. The summed E-state index contributed by atoms with van der Waals surface area (Å²) in [6, 6.07) is 30.3. The van der Waals surface area contributed by atoms with Crippen LogP contribution in [-0.2, 0) is 5.41 Å². The summed E-state index contributed by atoms with van der Waals surface area (Å²) in [7, 11) is 0. The van der Waals surface area contributed by atoms with Gasteiger partial charge in [0.25, 0.3) is 0 Å². The van der Waals surface area contributed by atoms with Crippen LogP contribution in [0.3, 0.4) is 0 Å². The van der Waals surface area contributed by atoms with Crippen LogP contribution >= 0.6 is 11.6 Å². The van der Waals surface area contributed by atoms with Crippen LogP contribution in [0.4, 0.5) is 0 Å². The second kappa shape index (κ2) is 6.15. The molecule has 0 radical (unpaired) electrons. The first-order valence-electron chi connectivity index (χ1n) is 11.1. The Bertz CT molecular complexity index is 1460. The number of rotatable bonds is 0. The van der Waals surface area contributed by atoms with Gasteiger partial charge in [-0.15, -0.1) is 11.6 Å². The molecular formula is C30H21ClO. The SMILES string of the molecule is CC1(Cl)C=CC2=C(C1)c1c(ccc3ccccc13)C21c2ccccc2Oc2ccccc21. The van der Waals surface area contributed by atoms with Crippen LogP contribution in [0, 0.1) is 0 Å². The summed E-state index contributed by atoms with van der Waals surface area (Å²) in [5.74, 6) is 1.85. The van der Waals surface area contributed by atoms with E-state index in [0.29, 0.717) is 0 Å². The maximum absolute atomic E-state index is 6.94. The molecule has 0 fully saturated rings. The standard InChI is InChI=1S/C30H21ClO/c1-29(31)17-16-22-21(18-29)28-20-9-3-2-8-19(20)14-15-25(28)30(22)23-10-4-6-12-26(23)32-27-13-7-5-11-24(27)30/h2-17H,18H2,1H3. The molecule has 32 heavy (non-hydrogen) atoms. The van der Waals surface area contributed by atoms with Gasteiger partial charge in [-0.3, -0.25) is 0 Å². The van der Waals surface area contributed by atoms with E-state index >= 15 is 0 Å². The number of hydrogen-bond acceptors (Lipinski definition) is 1. The minimum absolute atomic E-state index is 0.400. The molecule has 1 nitrogen and oxygen atoms in total. The fourth-order valence-corrected chi connectivity index (χ4v) is 6.26. The molecule has 3 aliphatic rings. The van der Waals surface area contributed by atoms with Crippen molar-refractivity contribution >= 4 is 27.9 Å². The average molecular weight is 433 g/mol. The van der Waals surface area contributed by atoms with Crippen LogP contribution < -0.4 is 4.74 Å². The van der Waals surface area contributed by atoms with E-state index in [9.17, 15) is 0 Å². The van der Waals surface area contributed by atoms with E-state index in [-0.39, 0.29) is 0 Å². The Morgan fingerprint density at radius 3 is 2.16 bits per heavy atom. The topological polar surface area (TPSA) is 9.23 Å². The Labute approximate surface area is 192 Å². The number of halogens is 1. The van der Waals surface area contributed by atoms with E-state index in [2.05, 4.69) is 104 Å². The third kappa shape index (κ3) is 2.19. The Kier molecular flexibility index (Phi) is 3.51. The smallest absolute Gasteiger partial charge is 0.132 e. The largest absolute Gasteiger partial charge is 0.457 e. The predicted octanol–water partition coefficient (Wildman–Crippen LogP) is 8.00. The number of benzene rings is 4. The Balaban J connectivity index is 1.70. The van der Waals surface area contributed by atoms with E-state index in [1.807, 2.05) is 0 Å². The van der Waals surface area contributed by atoms with Gasteiger partial charge >= 0.3 is 0 Å². The highest BCUT2D eigenvalue weighted by atomic mass is 35.5. The maximum atomic E-state index is 6.94. The van der Waals surface area contributed by atoms with Crippen molar-refractivity contribution in [1.82, 2.24) is 0 Å². The number of ether oxygens (including phenoxy) is 1. The van der Waals surface area contributed by atoms with Crippen LogP contribution in [0.25, 0.3) is 16.3 Å². The summed E-state index contributed by atoms with van der Waals surface area (Å²) in [4.78, 5) is -0.400. The van der Waals surface area contributed by atoms with Crippen molar-refractivity contribution in [2.75, 3.05) is 0 Å². The van der Waals surface area contributed by atoms with Gasteiger partial charge in [0.15, 0.2) is 0 Å². The zero-order valence-electron chi connectivity index (χ0n) is 17.7. The minimum atomic E-state index is -0.413. The molecular weight excluding hydrogens is 412 g/mol. The zero-order valence-corrected chi connectivity index (χ0v) is 18.5. The molecule has 0 amide bonds. The summed E-state index contributed by atoms with van der Waals surface area (Å²) in [6.45, 7) is 2.11. The number of allylic oxidation sites excluding steroid dienone is 4. The fourth-order valence-electron chi connectivity index (χ4n) is 6.06. The third-order valence-electron chi connectivity index (χ3n) is 7.29. The highest BCUT2D eigenvalue weighted by Gasteiger charge is 2.53. The van der Waals surface area contributed by atoms with Gasteiger partial charge in [-0.25, -0.2) is 0 Å². The van der Waals surface area contributed by atoms with E-state index < -0.39 is 10.3 Å². The molecule has 1 unspecified atom stereocenters. The van der Waals surface area contributed by atoms with Gasteiger partial charge in [-0.05, 0) is 58.5 Å². The Hall–Kier alpha value is -3.29. The highest BCUT2D eigenvalue weighted by molar-refractivity contribution is 6.26. The molecule has 0 aromatic heterocycles. The maximum Gasteiger partial charge on any atom is 0.132 e. The third-order valence-corrected chi connectivity index (χ3v) is 7.55. The zero-order chi connectivity index (χ0) is 21.5. The van der Waals surface area contributed by atoms with Crippen molar-refractivity contribution in [1.29, 1.82) is 0 Å². The van der Waals surface area contributed by atoms with Crippen LogP contribution in [0.15, 0.2) is 103 Å². The lowest BCUT2D eigenvalue weighted by molar-refractivity contribution is 0.435. The Morgan fingerprint density at radius 1 is 0.750 bits per heavy atom. The lowest BCUT2D eigenvalue weighted by atomic mass is 9.64. The number of hydrogen-bond donors (Lipinski definition) is 0. The van der Waals surface area contributed by atoms with E-state index in [1.165, 1.54) is 44.2 Å². The summed E-state index contributed by atoms with van der Waals surface area (Å²) in [5.41, 5.74) is 7.31. The molecule has 1 spiro atoms. The van der Waals surface area contributed by atoms with E-state index in [1.54, 1.807) is 0 Å². The van der Waals surface area contributed by atoms with Crippen molar-refractivity contribution < 1.29 is 4.74 Å². The molecule has 1 aliphatic heterocycles. The average Bonchev–Trinajstić information content (AvgIpc) is 3.09. The summed E-state index contributed by atoms with van der Waals surface area (Å²) in [5, 5.41) is 2.55. The summed E-state index contributed by atoms with van der Waals surface area (Å²) in [6.07, 6.45) is 5.25. The normalized spacial score (nSPS) is 21.7. The fraction of sp³-hybridized carbons (Fsp3) is 0.133. The van der Waals surface area contributed by atoms with E-state index in [0.717, 1.165) is 17.9 Å². The second-order valence-corrected chi connectivity index (χ2v) is 10.1. The van der Waals surface area contributed by atoms with Crippen LogP contribution in [0.5, 0.6) is 11.5 Å². The predicted molar refractivity (Wildman–Crippen MR) is 132 cm³/mol. The molecule has 0 saturated carbocycles. The number of para-hydroxylation sites is 2. The van der Waals surface area contributed by atoms with Gasteiger partial charge in [0.1, 0.15) is 11.5 Å². The van der Waals surface area contributed by atoms with Gasteiger partial charge in [0.05, 0.1) is 10.3 Å². The minimum Gasteiger partial charge on any atom is -0.457 e. The molecule has 1 heterocycles. The molecule has 4 aromatic carbocycles. The quantitative estimate of drug-likeness (QED) is 0.256. The van der Waals surface area contributed by atoms with Crippen molar-refractivity contribution in [2.45, 2.75) is 23.6 Å². The molecule has 7 rings (SSSR count). The van der Waals surface area contributed by atoms with Crippen LogP contribution in [-0.4, -0.2) is 4.87 Å². The lowest BCUT2D eigenvalue weighted by Crippen LogP contribution is -2.33. The van der Waals surface area contributed by atoms with Gasteiger partial charge < -0.3 is 4.74 Å². The second-order valence-electron chi connectivity index (χ2n) is 9.23.